The lowest BCUT2D eigenvalue weighted by molar-refractivity contribution is -0.115. The highest BCUT2D eigenvalue weighted by Gasteiger charge is 2.06. The Morgan fingerprint density at radius 3 is 2.75 bits per heavy atom. The van der Waals surface area contributed by atoms with Gasteiger partial charge in [0.05, 0.1) is 18.8 Å². The number of carbonyl (C=O) groups is 1. The highest BCUT2D eigenvalue weighted by molar-refractivity contribution is 14.0. The number of nitrogens with one attached hydrogen (secondary N) is 3. The van der Waals surface area contributed by atoms with E-state index in [1.807, 2.05) is 13.1 Å². The van der Waals surface area contributed by atoms with E-state index in [9.17, 15) is 9.18 Å². The van der Waals surface area contributed by atoms with Crippen LogP contribution in [0.4, 0.5) is 10.1 Å². The summed E-state index contributed by atoms with van der Waals surface area (Å²) in [7, 11) is 3.46. The molecule has 0 aliphatic carbocycles. The van der Waals surface area contributed by atoms with Crippen molar-refractivity contribution < 1.29 is 9.18 Å². The van der Waals surface area contributed by atoms with Crippen LogP contribution in [0.1, 0.15) is 5.69 Å². The van der Waals surface area contributed by atoms with Gasteiger partial charge in [0.25, 0.3) is 0 Å². The minimum absolute atomic E-state index is 0. The fourth-order valence-electron chi connectivity index (χ4n) is 1.91. The third-order valence-corrected chi connectivity index (χ3v) is 3.11. The summed E-state index contributed by atoms with van der Waals surface area (Å²) >= 11 is 0. The highest BCUT2D eigenvalue weighted by atomic mass is 127. The molecule has 130 valence electrons. The van der Waals surface area contributed by atoms with Crippen LogP contribution in [0.5, 0.6) is 0 Å². The second kappa shape index (κ2) is 9.85. The molecule has 0 aliphatic rings. The molecule has 2 rings (SSSR count). The fourth-order valence-corrected chi connectivity index (χ4v) is 1.91. The van der Waals surface area contributed by atoms with E-state index in [0.717, 1.165) is 5.69 Å². The number of hydrogen-bond acceptors (Lipinski definition) is 3. The molecule has 0 atom stereocenters. The van der Waals surface area contributed by atoms with E-state index >= 15 is 0 Å². The molecule has 1 amide bonds. The number of rotatable bonds is 5. The van der Waals surface area contributed by atoms with Crippen molar-refractivity contribution in [2.24, 2.45) is 12.0 Å². The molecular formula is C15H20FIN6O. The summed E-state index contributed by atoms with van der Waals surface area (Å²) in [6, 6.07) is 7.62. The largest absolute Gasteiger partial charge is 0.351 e. The highest BCUT2D eigenvalue weighted by Crippen LogP contribution is 2.08. The van der Waals surface area contributed by atoms with Crippen molar-refractivity contribution in [1.82, 2.24) is 20.4 Å². The van der Waals surface area contributed by atoms with E-state index in [1.54, 1.807) is 24.0 Å². The Balaban J connectivity index is 0.00000288. The molecule has 0 unspecified atom stereocenters. The summed E-state index contributed by atoms with van der Waals surface area (Å²) in [6.07, 6.45) is 1.71. The maximum atomic E-state index is 13.1. The molecule has 0 fully saturated rings. The summed E-state index contributed by atoms with van der Waals surface area (Å²) < 4.78 is 14.8. The molecule has 24 heavy (non-hydrogen) atoms. The van der Waals surface area contributed by atoms with Crippen LogP contribution in [0.25, 0.3) is 0 Å². The molecule has 0 spiro atoms. The number of nitrogens with zero attached hydrogens (tertiary/aromatic N) is 3. The van der Waals surface area contributed by atoms with E-state index in [-0.39, 0.29) is 36.4 Å². The molecule has 2 aromatic rings. The van der Waals surface area contributed by atoms with Crippen molar-refractivity contribution in [3.05, 3.63) is 48.0 Å². The van der Waals surface area contributed by atoms with Gasteiger partial charge in [0, 0.05) is 26.0 Å². The van der Waals surface area contributed by atoms with Crippen LogP contribution in [0.2, 0.25) is 0 Å². The van der Waals surface area contributed by atoms with Crippen molar-refractivity contribution >= 4 is 41.5 Å². The number of aromatic nitrogens is 2. The van der Waals surface area contributed by atoms with Gasteiger partial charge in [0.15, 0.2) is 5.96 Å². The first-order valence-electron chi connectivity index (χ1n) is 7.05. The van der Waals surface area contributed by atoms with Crippen LogP contribution in [-0.4, -0.2) is 35.2 Å². The zero-order valence-corrected chi connectivity index (χ0v) is 15.7. The zero-order chi connectivity index (χ0) is 16.7. The van der Waals surface area contributed by atoms with Crippen molar-refractivity contribution in [2.75, 3.05) is 18.9 Å². The van der Waals surface area contributed by atoms with Crippen LogP contribution >= 0.6 is 24.0 Å². The maximum Gasteiger partial charge on any atom is 0.243 e. The second-order valence-corrected chi connectivity index (χ2v) is 4.78. The quantitative estimate of drug-likeness (QED) is 0.369. The first kappa shape index (κ1) is 19.9. The molecule has 9 heteroatoms. The number of anilines is 1. The molecule has 0 saturated carbocycles. The first-order chi connectivity index (χ1) is 11.1. The van der Waals surface area contributed by atoms with Gasteiger partial charge < -0.3 is 16.0 Å². The minimum Gasteiger partial charge on any atom is -0.351 e. The smallest absolute Gasteiger partial charge is 0.243 e. The molecule has 1 aromatic heterocycles. The predicted molar refractivity (Wildman–Crippen MR) is 102 cm³/mol. The third kappa shape index (κ3) is 6.14. The van der Waals surface area contributed by atoms with Crippen molar-refractivity contribution in [2.45, 2.75) is 6.54 Å². The molecule has 7 nitrogen and oxygen atoms in total. The number of amides is 1. The summed E-state index contributed by atoms with van der Waals surface area (Å²) in [5.41, 5.74) is 1.40. The summed E-state index contributed by atoms with van der Waals surface area (Å²) in [4.78, 5) is 15.9. The number of halogens is 2. The molecule has 0 bridgehead atoms. The van der Waals surface area contributed by atoms with Gasteiger partial charge in [-0.25, -0.2) is 4.39 Å². The lowest BCUT2D eigenvalue weighted by Gasteiger charge is -2.12. The first-order valence-corrected chi connectivity index (χ1v) is 7.05. The Labute approximate surface area is 156 Å². The molecular weight excluding hydrogens is 426 g/mol. The number of benzene rings is 1. The van der Waals surface area contributed by atoms with Gasteiger partial charge in [-0.2, -0.15) is 5.10 Å². The van der Waals surface area contributed by atoms with Gasteiger partial charge >= 0.3 is 0 Å². The second-order valence-electron chi connectivity index (χ2n) is 4.78. The summed E-state index contributed by atoms with van der Waals surface area (Å²) in [5, 5.41) is 12.6. The van der Waals surface area contributed by atoms with Crippen LogP contribution < -0.4 is 16.0 Å². The molecule has 0 aliphatic heterocycles. The molecule has 1 aromatic carbocycles. The number of guanidine groups is 1. The van der Waals surface area contributed by atoms with Gasteiger partial charge in [-0.1, -0.05) is 6.07 Å². The standard InChI is InChI=1S/C15H19FN6O.HI/c1-17-15(18-9-13-6-7-20-22(13)2)19-10-14(23)21-12-5-3-4-11(16)8-12;/h3-8H,9-10H2,1-2H3,(H,21,23)(H2,17,18,19);1H. The predicted octanol–water partition coefficient (Wildman–Crippen LogP) is 1.48. The molecule has 0 saturated heterocycles. The topological polar surface area (TPSA) is 83.3 Å². The van der Waals surface area contributed by atoms with Crippen LogP contribution in [0, 0.1) is 5.82 Å². The average molecular weight is 446 g/mol. The zero-order valence-electron chi connectivity index (χ0n) is 13.4. The van der Waals surface area contributed by atoms with Crippen LogP contribution in [-0.2, 0) is 18.4 Å². The van der Waals surface area contributed by atoms with Crippen molar-refractivity contribution in [1.29, 1.82) is 0 Å². The Bertz CT molecular complexity index is 703. The van der Waals surface area contributed by atoms with Crippen molar-refractivity contribution in [3.8, 4) is 0 Å². The van der Waals surface area contributed by atoms with E-state index in [4.69, 9.17) is 0 Å². The maximum absolute atomic E-state index is 13.1. The Morgan fingerprint density at radius 2 is 2.12 bits per heavy atom. The van der Waals surface area contributed by atoms with Crippen molar-refractivity contribution in [3.63, 3.8) is 0 Å². The molecule has 0 radical (unpaired) electrons. The number of carbonyl (C=O) groups excluding carboxylic acids is 1. The van der Waals surface area contributed by atoms with Gasteiger partial charge in [-0.15, -0.1) is 24.0 Å². The number of aryl methyl sites for hydroxylation is 1. The van der Waals surface area contributed by atoms with Crippen LogP contribution in [0.3, 0.4) is 0 Å². The average Bonchev–Trinajstić information content (AvgIpc) is 2.93. The van der Waals surface area contributed by atoms with Gasteiger partial charge in [-0.3, -0.25) is 14.5 Å². The Hall–Kier alpha value is -2.17. The summed E-state index contributed by atoms with van der Waals surface area (Å²) in [5.74, 6) is -0.205. The molecule has 3 N–H and O–H groups in total. The molecule has 1 heterocycles. The monoisotopic (exact) mass is 446 g/mol. The Morgan fingerprint density at radius 1 is 1.33 bits per heavy atom. The van der Waals surface area contributed by atoms with Crippen LogP contribution in [0.15, 0.2) is 41.5 Å². The minimum atomic E-state index is -0.399. The lowest BCUT2D eigenvalue weighted by atomic mass is 10.3. The SMILES string of the molecule is CN=C(NCC(=O)Nc1cccc(F)c1)NCc1ccnn1C.I. The number of aliphatic imine (C=N–C) groups is 1. The third-order valence-electron chi connectivity index (χ3n) is 3.11. The fraction of sp³-hybridized carbons (Fsp3) is 0.267. The normalized spacial score (nSPS) is 10.7. The number of hydrogen-bond donors (Lipinski definition) is 3. The van der Waals surface area contributed by atoms with E-state index < -0.39 is 5.82 Å². The Kier molecular flexibility index (Phi) is 8.16. The van der Waals surface area contributed by atoms with Gasteiger partial charge in [0.1, 0.15) is 5.82 Å². The van der Waals surface area contributed by atoms with E-state index in [0.29, 0.717) is 18.2 Å². The van der Waals surface area contributed by atoms with E-state index in [1.165, 1.54) is 18.2 Å². The summed E-state index contributed by atoms with van der Waals surface area (Å²) in [6.45, 7) is 0.545. The lowest BCUT2D eigenvalue weighted by Crippen LogP contribution is -2.41. The van der Waals surface area contributed by atoms with Gasteiger partial charge in [0.2, 0.25) is 5.91 Å². The van der Waals surface area contributed by atoms with E-state index in [2.05, 4.69) is 26.0 Å². The van der Waals surface area contributed by atoms with Gasteiger partial charge in [-0.05, 0) is 24.3 Å².